The van der Waals surface area contributed by atoms with Crippen LogP contribution in [0.5, 0.6) is 5.75 Å². The molecule has 0 radical (unpaired) electrons. The van der Waals surface area contributed by atoms with Gasteiger partial charge in [0.25, 0.3) is 0 Å². The first-order chi connectivity index (χ1) is 13.1. The highest BCUT2D eigenvalue weighted by molar-refractivity contribution is 5.85. The summed E-state index contributed by atoms with van der Waals surface area (Å²) in [5.41, 5.74) is 2.53. The average molecular weight is 369 g/mol. The van der Waals surface area contributed by atoms with Crippen LogP contribution in [0.1, 0.15) is 36.6 Å². The summed E-state index contributed by atoms with van der Waals surface area (Å²) in [5, 5.41) is 8.62. The van der Waals surface area contributed by atoms with Crippen LogP contribution in [0.2, 0.25) is 0 Å². The average Bonchev–Trinajstić information content (AvgIpc) is 3.38. The molecule has 3 heterocycles. The summed E-state index contributed by atoms with van der Waals surface area (Å²) in [6.45, 7) is 6.74. The van der Waals surface area contributed by atoms with Gasteiger partial charge in [0.1, 0.15) is 11.6 Å². The van der Waals surface area contributed by atoms with E-state index in [1.165, 1.54) is 16.5 Å². The number of nitrogens with one attached hydrogen (secondary N) is 1. The molecule has 1 aliphatic rings. The van der Waals surface area contributed by atoms with Crippen molar-refractivity contribution in [3.05, 3.63) is 41.6 Å². The fourth-order valence-corrected chi connectivity index (χ4v) is 4.07. The van der Waals surface area contributed by atoms with E-state index in [1.54, 1.807) is 14.2 Å². The Morgan fingerprint density at radius 1 is 1.30 bits per heavy atom. The molecule has 1 fully saturated rings. The number of rotatable bonds is 6. The molecule has 7 nitrogen and oxygen atoms in total. The lowest BCUT2D eigenvalue weighted by Crippen LogP contribution is -2.25. The van der Waals surface area contributed by atoms with Gasteiger partial charge in [-0.05, 0) is 44.0 Å². The Morgan fingerprint density at radius 3 is 2.81 bits per heavy atom. The topological polar surface area (TPSA) is 68.2 Å². The number of H-pyrrole nitrogens is 1. The molecular weight excluding hydrogens is 342 g/mol. The standard InChI is InChI=1S/C20H27N5O2/c1-5-24-10-14(17-8-15(26-3)6-7-18(17)24)11-25-12-16(27-4)9-19(25)20-21-13(2)22-23-20/h6-8,10,16,19H,5,9,11-12H2,1-4H3,(H,21,22,23)/t16-,19-/m0/s1. The van der Waals surface area contributed by atoms with Crippen molar-refractivity contribution in [1.29, 1.82) is 0 Å². The Kier molecular flexibility index (Phi) is 4.88. The second-order valence-corrected chi connectivity index (χ2v) is 7.14. The minimum absolute atomic E-state index is 0.158. The van der Waals surface area contributed by atoms with Crippen molar-refractivity contribution in [3.8, 4) is 5.75 Å². The highest BCUT2D eigenvalue weighted by Gasteiger charge is 2.36. The number of hydrogen-bond donors (Lipinski definition) is 1. The number of fused-ring (bicyclic) bond motifs is 1. The number of aryl methyl sites for hydroxylation is 2. The molecule has 1 saturated heterocycles. The van der Waals surface area contributed by atoms with Gasteiger partial charge < -0.3 is 14.0 Å². The van der Waals surface area contributed by atoms with Crippen LogP contribution in [0.25, 0.3) is 10.9 Å². The van der Waals surface area contributed by atoms with Crippen molar-refractivity contribution >= 4 is 10.9 Å². The van der Waals surface area contributed by atoms with Crippen LogP contribution >= 0.6 is 0 Å². The molecule has 0 amide bonds. The van der Waals surface area contributed by atoms with E-state index in [1.807, 2.05) is 13.0 Å². The molecule has 3 aromatic rings. The van der Waals surface area contributed by atoms with Gasteiger partial charge in [0.15, 0.2) is 5.82 Å². The lowest BCUT2D eigenvalue weighted by molar-refractivity contribution is 0.107. The van der Waals surface area contributed by atoms with Crippen molar-refractivity contribution in [1.82, 2.24) is 24.6 Å². The quantitative estimate of drug-likeness (QED) is 0.723. The second kappa shape index (κ2) is 7.32. The molecule has 1 N–H and O–H groups in total. The molecule has 0 saturated carbocycles. The number of methoxy groups -OCH3 is 2. The van der Waals surface area contributed by atoms with Crippen LogP contribution in [-0.4, -0.2) is 51.5 Å². The maximum atomic E-state index is 5.66. The molecule has 2 aromatic heterocycles. The smallest absolute Gasteiger partial charge is 0.167 e. The largest absolute Gasteiger partial charge is 0.497 e. The Bertz CT molecular complexity index is 932. The third kappa shape index (κ3) is 3.33. The van der Waals surface area contributed by atoms with Crippen molar-refractivity contribution in [3.63, 3.8) is 0 Å². The van der Waals surface area contributed by atoms with Crippen molar-refractivity contribution < 1.29 is 9.47 Å². The molecule has 4 rings (SSSR count). The van der Waals surface area contributed by atoms with Gasteiger partial charge in [0.2, 0.25) is 0 Å². The molecule has 27 heavy (non-hydrogen) atoms. The minimum atomic E-state index is 0.158. The first kappa shape index (κ1) is 18.0. The van der Waals surface area contributed by atoms with Crippen LogP contribution in [0, 0.1) is 6.92 Å². The van der Waals surface area contributed by atoms with Gasteiger partial charge in [-0.25, -0.2) is 4.98 Å². The summed E-state index contributed by atoms with van der Waals surface area (Å²) >= 11 is 0. The number of aromatic nitrogens is 4. The summed E-state index contributed by atoms with van der Waals surface area (Å²) in [6, 6.07) is 6.45. The van der Waals surface area contributed by atoms with Crippen molar-refractivity contribution in [2.24, 2.45) is 0 Å². The monoisotopic (exact) mass is 369 g/mol. The van der Waals surface area contributed by atoms with Gasteiger partial charge in [-0.1, -0.05) is 0 Å². The number of aromatic amines is 1. The summed E-state index contributed by atoms with van der Waals surface area (Å²) in [6.07, 6.45) is 3.36. The summed E-state index contributed by atoms with van der Waals surface area (Å²) in [7, 11) is 3.49. The first-order valence-corrected chi connectivity index (χ1v) is 9.44. The van der Waals surface area contributed by atoms with Crippen LogP contribution in [-0.2, 0) is 17.8 Å². The molecule has 0 unspecified atom stereocenters. The maximum absolute atomic E-state index is 5.66. The van der Waals surface area contributed by atoms with E-state index < -0.39 is 0 Å². The Labute approximate surface area is 159 Å². The van der Waals surface area contributed by atoms with Gasteiger partial charge in [-0.3, -0.25) is 10.00 Å². The van der Waals surface area contributed by atoms with E-state index in [-0.39, 0.29) is 12.1 Å². The molecule has 1 aliphatic heterocycles. The molecule has 0 aliphatic carbocycles. The molecular formula is C20H27N5O2. The normalized spacial score (nSPS) is 20.6. The first-order valence-electron chi connectivity index (χ1n) is 9.44. The fourth-order valence-electron chi connectivity index (χ4n) is 4.07. The van der Waals surface area contributed by atoms with Gasteiger partial charge in [-0.15, -0.1) is 0 Å². The molecule has 1 aromatic carbocycles. The molecule has 144 valence electrons. The maximum Gasteiger partial charge on any atom is 0.167 e. The molecule has 0 spiro atoms. The Morgan fingerprint density at radius 2 is 2.15 bits per heavy atom. The lowest BCUT2D eigenvalue weighted by Gasteiger charge is -2.21. The lowest BCUT2D eigenvalue weighted by atomic mass is 10.1. The van der Waals surface area contributed by atoms with Crippen molar-refractivity contribution in [2.75, 3.05) is 20.8 Å². The Hall–Kier alpha value is -2.38. The zero-order valence-electron chi connectivity index (χ0n) is 16.4. The second-order valence-electron chi connectivity index (χ2n) is 7.14. The fraction of sp³-hybridized carbons (Fsp3) is 0.500. The summed E-state index contributed by atoms with van der Waals surface area (Å²) < 4.78 is 13.4. The molecule has 0 bridgehead atoms. The predicted octanol–water partition coefficient (Wildman–Crippen LogP) is 3.06. The summed E-state index contributed by atoms with van der Waals surface area (Å²) in [5.74, 6) is 2.58. The number of nitrogens with zero attached hydrogens (tertiary/aromatic N) is 4. The zero-order valence-corrected chi connectivity index (χ0v) is 16.4. The third-order valence-corrected chi connectivity index (χ3v) is 5.50. The van der Waals surface area contributed by atoms with Crippen LogP contribution in [0.3, 0.4) is 0 Å². The highest BCUT2D eigenvalue weighted by atomic mass is 16.5. The van der Waals surface area contributed by atoms with Crippen LogP contribution < -0.4 is 4.74 Å². The molecule has 2 atom stereocenters. The van der Waals surface area contributed by atoms with Crippen LogP contribution in [0.15, 0.2) is 24.4 Å². The number of likely N-dealkylation sites (tertiary alicyclic amines) is 1. The van der Waals surface area contributed by atoms with Gasteiger partial charge in [-0.2, -0.15) is 5.10 Å². The van der Waals surface area contributed by atoms with Gasteiger partial charge in [0, 0.05) is 43.8 Å². The minimum Gasteiger partial charge on any atom is -0.497 e. The Balaban J connectivity index is 1.69. The van der Waals surface area contributed by atoms with E-state index in [0.717, 1.165) is 43.5 Å². The van der Waals surface area contributed by atoms with Gasteiger partial charge in [0.05, 0.1) is 19.3 Å². The SMILES string of the molecule is CCn1cc(CN2C[C@@H](OC)C[C@H]2c2n[nH]c(C)n2)c2cc(OC)ccc21. The van der Waals surface area contributed by atoms with Crippen LogP contribution in [0.4, 0.5) is 0 Å². The number of ether oxygens (including phenoxy) is 2. The third-order valence-electron chi connectivity index (χ3n) is 5.50. The molecule has 7 heteroatoms. The van der Waals surface area contributed by atoms with E-state index in [4.69, 9.17) is 9.47 Å². The summed E-state index contributed by atoms with van der Waals surface area (Å²) in [4.78, 5) is 7.00. The highest BCUT2D eigenvalue weighted by Crippen LogP contribution is 2.35. The predicted molar refractivity (Wildman–Crippen MR) is 104 cm³/mol. The zero-order chi connectivity index (χ0) is 19.0. The van der Waals surface area contributed by atoms with E-state index in [2.05, 4.69) is 49.9 Å². The van der Waals surface area contributed by atoms with E-state index in [9.17, 15) is 0 Å². The van der Waals surface area contributed by atoms with E-state index in [0.29, 0.717) is 0 Å². The van der Waals surface area contributed by atoms with Gasteiger partial charge >= 0.3 is 0 Å². The number of hydrogen-bond acceptors (Lipinski definition) is 5. The number of benzene rings is 1. The van der Waals surface area contributed by atoms with Crippen molar-refractivity contribution in [2.45, 2.75) is 45.5 Å². The van der Waals surface area contributed by atoms with E-state index >= 15 is 0 Å².